The quantitative estimate of drug-likeness (QED) is 0.834. The van der Waals surface area contributed by atoms with Crippen LogP contribution in [0.3, 0.4) is 0 Å². The van der Waals surface area contributed by atoms with Crippen molar-refractivity contribution in [3.8, 4) is 0 Å². The molecule has 0 aliphatic heterocycles. The molecule has 5 heteroatoms. The second-order valence-corrected chi connectivity index (χ2v) is 4.99. The highest BCUT2D eigenvalue weighted by Crippen LogP contribution is 2.24. The Labute approximate surface area is 117 Å². The van der Waals surface area contributed by atoms with Crippen molar-refractivity contribution >= 4 is 33.2 Å². The van der Waals surface area contributed by atoms with E-state index in [9.17, 15) is 8.78 Å². The average molecular weight is 333 g/mol. The molecule has 0 aliphatic rings. The molecule has 0 radical (unpaired) electrons. The van der Waals surface area contributed by atoms with Gasteiger partial charge in [0.25, 0.3) is 0 Å². The summed E-state index contributed by atoms with van der Waals surface area (Å²) in [4.78, 5) is 0. The van der Waals surface area contributed by atoms with Crippen LogP contribution in [-0.2, 0) is 6.54 Å². The summed E-state index contributed by atoms with van der Waals surface area (Å²) in [5, 5.41) is 3.18. The number of anilines is 1. The largest absolute Gasteiger partial charge is 0.380 e. The zero-order valence-corrected chi connectivity index (χ0v) is 11.5. The van der Waals surface area contributed by atoms with Gasteiger partial charge < -0.3 is 5.32 Å². The zero-order valence-electron chi connectivity index (χ0n) is 9.18. The fourth-order valence-corrected chi connectivity index (χ4v) is 2.09. The fraction of sp³-hybridized carbons (Fsp3) is 0.0769. The number of benzene rings is 2. The molecule has 0 heterocycles. The molecule has 94 valence electrons. The first kappa shape index (κ1) is 13.3. The molecule has 18 heavy (non-hydrogen) atoms. The summed E-state index contributed by atoms with van der Waals surface area (Å²) in [5.74, 6) is -0.765. The highest BCUT2D eigenvalue weighted by Gasteiger charge is 2.03. The van der Waals surface area contributed by atoms with Crippen LogP contribution < -0.4 is 5.32 Å². The van der Waals surface area contributed by atoms with Crippen molar-refractivity contribution in [3.05, 3.63) is 63.1 Å². The minimum absolute atomic E-state index is 0.0988. The third-order valence-corrected chi connectivity index (χ3v) is 3.36. The molecule has 1 N–H and O–H groups in total. The topological polar surface area (TPSA) is 12.0 Å². The summed E-state index contributed by atoms with van der Waals surface area (Å²) in [6.45, 7) is 0.429. The summed E-state index contributed by atoms with van der Waals surface area (Å²) in [7, 11) is 0. The van der Waals surface area contributed by atoms with Gasteiger partial charge in [-0.05, 0) is 51.8 Å². The first-order chi connectivity index (χ1) is 8.56. The van der Waals surface area contributed by atoms with Crippen molar-refractivity contribution in [3.63, 3.8) is 0 Å². The minimum Gasteiger partial charge on any atom is -0.380 e. The fourth-order valence-electron chi connectivity index (χ4n) is 1.48. The van der Waals surface area contributed by atoms with Crippen molar-refractivity contribution < 1.29 is 8.78 Å². The summed E-state index contributed by atoms with van der Waals surface area (Å²) in [6.07, 6.45) is 0. The van der Waals surface area contributed by atoms with Crippen LogP contribution in [0.1, 0.15) is 5.56 Å². The lowest BCUT2D eigenvalue weighted by atomic mass is 10.2. The molecule has 0 aliphatic carbocycles. The second-order valence-electron chi connectivity index (χ2n) is 3.73. The summed E-state index contributed by atoms with van der Waals surface area (Å²) in [5.41, 5.74) is 1.50. The van der Waals surface area contributed by atoms with Crippen LogP contribution in [0.4, 0.5) is 14.5 Å². The van der Waals surface area contributed by atoms with Gasteiger partial charge in [-0.1, -0.05) is 17.7 Å². The summed E-state index contributed by atoms with van der Waals surface area (Å²) < 4.78 is 26.7. The Bertz CT molecular complexity index is 575. The van der Waals surface area contributed by atoms with Crippen LogP contribution in [-0.4, -0.2) is 0 Å². The van der Waals surface area contributed by atoms with E-state index in [2.05, 4.69) is 21.2 Å². The minimum atomic E-state index is -0.450. The van der Waals surface area contributed by atoms with Crippen LogP contribution >= 0.6 is 27.5 Å². The van der Waals surface area contributed by atoms with E-state index in [1.54, 1.807) is 12.1 Å². The van der Waals surface area contributed by atoms with Gasteiger partial charge in [-0.3, -0.25) is 0 Å². The zero-order chi connectivity index (χ0) is 13.1. The van der Waals surface area contributed by atoms with Gasteiger partial charge in [0.2, 0.25) is 0 Å². The number of nitrogens with one attached hydrogen (secondary N) is 1. The Balaban J connectivity index is 2.09. The summed E-state index contributed by atoms with van der Waals surface area (Å²) in [6, 6.07) is 8.95. The van der Waals surface area contributed by atoms with Crippen molar-refractivity contribution in [2.24, 2.45) is 0 Å². The molecule has 2 aromatic carbocycles. The Kier molecular flexibility index (Phi) is 4.19. The molecular formula is C13H9BrClF2N. The third kappa shape index (κ3) is 3.21. The average Bonchev–Trinajstić information content (AvgIpc) is 2.32. The standard InChI is InChI=1S/C13H9BrClF2N/c14-10-6-9(16)2-4-13(10)18-7-8-1-3-11(15)12(17)5-8/h1-6,18H,7H2. The van der Waals surface area contributed by atoms with Crippen molar-refractivity contribution in [1.82, 2.24) is 0 Å². The number of halogens is 4. The molecule has 1 nitrogen and oxygen atoms in total. The predicted octanol–water partition coefficient (Wildman–Crippen LogP) is 4.99. The number of hydrogen-bond donors (Lipinski definition) is 1. The third-order valence-electron chi connectivity index (χ3n) is 2.40. The first-order valence-electron chi connectivity index (χ1n) is 5.19. The van der Waals surface area contributed by atoms with E-state index in [-0.39, 0.29) is 10.8 Å². The molecule has 0 saturated carbocycles. The maximum absolute atomic E-state index is 13.2. The molecule has 0 atom stereocenters. The first-order valence-corrected chi connectivity index (χ1v) is 6.36. The Morgan fingerprint density at radius 3 is 2.56 bits per heavy atom. The molecule has 0 fully saturated rings. The van der Waals surface area contributed by atoms with Gasteiger partial charge in [-0.25, -0.2) is 8.78 Å². The van der Waals surface area contributed by atoms with Crippen LogP contribution in [0.15, 0.2) is 40.9 Å². The molecule has 2 rings (SSSR count). The smallest absolute Gasteiger partial charge is 0.142 e. The van der Waals surface area contributed by atoms with E-state index < -0.39 is 5.82 Å². The van der Waals surface area contributed by atoms with Crippen LogP contribution in [0.25, 0.3) is 0 Å². The van der Waals surface area contributed by atoms with Crippen LogP contribution in [0.5, 0.6) is 0 Å². The number of rotatable bonds is 3. The molecule has 0 bridgehead atoms. The van der Waals surface area contributed by atoms with E-state index in [1.165, 1.54) is 24.3 Å². The molecule has 2 aromatic rings. The molecule has 0 aromatic heterocycles. The van der Waals surface area contributed by atoms with E-state index >= 15 is 0 Å². The molecular weight excluding hydrogens is 324 g/mol. The van der Waals surface area contributed by atoms with Gasteiger partial charge in [-0.15, -0.1) is 0 Å². The lowest BCUT2D eigenvalue weighted by molar-refractivity contribution is 0.626. The van der Waals surface area contributed by atoms with Crippen LogP contribution in [0.2, 0.25) is 5.02 Å². The van der Waals surface area contributed by atoms with Gasteiger partial charge >= 0.3 is 0 Å². The lowest BCUT2D eigenvalue weighted by Gasteiger charge is -2.09. The van der Waals surface area contributed by atoms with E-state index in [0.29, 0.717) is 11.0 Å². The monoisotopic (exact) mass is 331 g/mol. The van der Waals surface area contributed by atoms with Gasteiger partial charge in [0.05, 0.1) is 5.02 Å². The molecule has 0 amide bonds. The maximum atomic E-state index is 13.2. The normalized spacial score (nSPS) is 10.4. The lowest BCUT2D eigenvalue weighted by Crippen LogP contribution is -2.00. The highest BCUT2D eigenvalue weighted by molar-refractivity contribution is 9.10. The van der Waals surface area contributed by atoms with Gasteiger partial charge in [0.15, 0.2) is 0 Å². The van der Waals surface area contributed by atoms with Gasteiger partial charge in [0.1, 0.15) is 11.6 Å². The molecule has 0 unspecified atom stereocenters. The Hall–Kier alpha value is -1.13. The van der Waals surface area contributed by atoms with Crippen molar-refractivity contribution in [2.45, 2.75) is 6.54 Å². The van der Waals surface area contributed by atoms with Gasteiger partial charge in [-0.2, -0.15) is 0 Å². The second kappa shape index (κ2) is 5.67. The predicted molar refractivity (Wildman–Crippen MR) is 72.8 cm³/mol. The SMILES string of the molecule is Fc1ccc(NCc2ccc(Cl)c(F)c2)c(Br)c1. The van der Waals surface area contributed by atoms with E-state index in [0.717, 1.165) is 11.3 Å². The number of hydrogen-bond acceptors (Lipinski definition) is 1. The van der Waals surface area contributed by atoms with Crippen molar-refractivity contribution in [2.75, 3.05) is 5.32 Å². The Morgan fingerprint density at radius 2 is 1.89 bits per heavy atom. The van der Waals surface area contributed by atoms with E-state index in [4.69, 9.17) is 11.6 Å². The van der Waals surface area contributed by atoms with Gasteiger partial charge in [0, 0.05) is 16.7 Å². The van der Waals surface area contributed by atoms with Crippen LogP contribution in [0, 0.1) is 11.6 Å². The van der Waals surface area contributed by atoms with Crippen molar-refractivity contribution in [1.29, 1.82) is 0 Å². The summed E-state index contributed by atoms with van der Waals surface area (Å²) >= 11 is 8.84. The highest BCUT2D eigenvalue weighted by atomic mass is 79.9. The molecule has 0 spiro atoms. The maximum Gasteiger partial charge on any atom is 0.142 e. The van der Waals surface area contributed by atoms with E-state index in [1.807, 2.05) is 0 Å². The molecule has 0 saturated heterocycles. The Morgan fingerprint density at radius 1 is 1.11 bits per heavy atom.